The quantitative estimate of drug-likeness (QED) is 0.852. The van der Waals surface area contributed by atoms with Gasteiger partial charge in [0.25, 0.3) is 0 Å². The van der Waals surface area contributed by atoms with Crippen LogP contribution in [0.2, 0.25) is 0 Å². The summed E-state index contributed by atoms with van der Waals surface area (Å²) >= 11 is 3.26. The Morgan fingerprint density at radius 1 is 1.33 bits per heavy atom. The lowest BCUT2D eigenvalue weighted by Crippen LogP contribution is -2.14. The second-order valence-electron chi connectivity index (χ2n) is 4.62. The Hall–Kier alpha value is -0.680. The van der Waals surface area contributed by atoms with Crippen LogP contribution in [0.3, 0.4) is 0 Å². The largest absolute Gasteiger partial charge is 0.299 e. The first-order valence-electron chi connectivity index (χ1n) is 6.00. The molecule has 0 saturated heterocycles. The van der Waals surface area contributed by atoms with Gasteiger partial charge < -0.3 is 0 Å². The molecular formula is C13H15BrO3S. The molecule has 0 radical (unpaired) electrons. The predicted octanol–water partition coefficient (Wildman–Crippen LogP) is 2.98. The maximum Gasteiger partial charge on any atom is 0.178 e. The molecule has 0 heterocycles. The van der Waals surface area contributed by atoms with E-state index in [0.29, 0.717) is 17.7 Å². The molecular weight excluding hydrogens is 316 g/mol. The molecule has 0 aliphatic heterocycles. The molecule has 1 unspecified atom stereocenters. The van der Waals surface area contributed by atoms with Crippen molar-refractivity contribution in [2.75, 3.05) is 5.75 Å². The van der Waals surface area contributed by atoms with E-state index >= 15 is 0 Å². The maximum atomic E-state index is 12.1. The van der Waals surface area contributed by atoms with Crippen LogP contribution < -0.4 is 0 Å². The number of sulfone groups is 1. The Balaban J connectivity index is 2.06. The van der Waals surface area contributed by atoms with Gasteiger partial charge in [-0.05, 0) is 37.5 Å². The molecule has 0 N–H and O–H groups in total. The molecule has 1 fully saturated rings. The molecule has 0 bridgehead atoms. The minimum absolute atomic E-state index is 0.0491. The van der Waals surface area contributed by atoms with Gasteiger partial charge in [-0.25, -0.2) is 8.42 Å². The van der Waals surface area contributed by atoms with Crippen molar-refractivity contribution in [2.45, 2.75) is 30.6 Å². The number of ketones is 1. The molecule has 1 aromatic rings. The predicted molar refractivity (Wildman–Crippen MR) is 73.2 cm³/mol. The Labute approximate surface area is 116 Å². The van der Waals surface area contributed by atoms with Crippen LogP contribution in [0.4, 0.5) is 0 Å². The third kappa shape index (κ3) is 3.20. The summed E-state index contributed by atoms with van der Waals surface area (Å²) in [5.41, 5.74) is 0. The molecule has 1 aliphatic carbocycles. The summed E-state index contributed by atoms with van der Waals surface area (Å²) < 4.78 is 25.0. The Morgan fingerprint density at radius 2 is 2.11 bits per heavy atom. The van der Waals surface area contributed by atoms with Gasteiger partial charge >= 0.3 is 0 Å². The first-order valence-corrected chi connectivity index (χ1v) is 8.44. The van der Waals surface area contributed by atoms with Crippen LogP contribution in [-0.2, 0) is 14.6 Å². The molecule has 5 heteroatoms. The maximum absolute atomic E-state index is 12.1. The lowest BCUT2D eigenvalue weighted by molar-refractivity contribution is -0.120. The smallest absolute Gasteiger partial charge is 0.178 e. The van der Waals surface area contributed by atoms with E-state index < -0.39 is 9.84 Å². The number of Topliss-reactive ketones (excluding diaryl/α,β-unsaturated/α-hetero) is 1. The molecule has 1 aliphatic rings. The van der Waals surface area contributed by atoms with Crippen molar-refractivity contribution in [3.63, 3.8) is 0 Å². The number of benzene rings is 1. The first-order chi connectivity index (χ1) is 8.49. The molecule has 98 valence electrons. The van der Waals surface area contributed by atoms with Crippen molar-refractivity contribution in [1.82, 2.24) is 0 Å². The van der Waals surface area contributed by atoms with Crippen LogP contribution in [0.25, 0.3) is 0 Å². The summed E-state index contributed by atoms with van der Waals surface area (Å²) in [5.74, 6) is 0.228. The molecule has 1 saturated carbocycles. The van der Waals surface area contributed by atoms with Crippen molar-refractivity contribution in [3.05, 3.63) is 28.7 Å². The van der Waals surface area contributed by atoms with E-state index in [1.807, 2.05) is 0 Å². The Morgan fingerprint density at radius 3 is 2.72 bits per heavy atom. The highest BCUT2D eigenvalue weighted by atomic mass is 79.9. The Kier molecular flexibility index (Phi) is 4.22. The highest BCUT2D eigenvalue weighted by Crippen LogP contribution is 2.26. The summed E-state index contributed by atoms with van der Waals surface area (Å²) in [7, 11) is -3.28. The fourth-order valence-electron chi connectivity index (χ4n) is 2.27. The van der Waals surface area contributed by atoms with Gasteiger partial charge in [0.2, 0.25) is 0 Å². The molecule has 1 aromatic carbocycles. The number of carbonyl (C=O) groups excluding carboxylic acids is 1. The van der Waals surface area contributed by atoms with E-state index in [1.54, 1.807) is 24.3 Å². The fraction of sp³-hybridized carbons (Fsp3) is 0.462. The summed E-state index contributed by atoms with van der Waals surface area (Å²) in [6, 6.07) is 6.69. The highest BCUT2D eigenvalue weighted by Gasteiger charge is 2.26. The number of rotatable bonds is 4. The van der Waals surface area contributed by atoms with Crippen LogP contribution in [0.15, 0.2) is 33.6 Å². The van der Waals surface area contributed by atoms with E-state index in [0.717, 1.165) is 17.3 Å². The molecule has 0 aromatic heterocycles. The topological polar surface area (TPSA) is 51.2 Å². The third-order valence-corrected chi connectivity index (χ3v) is 5.56. The van der Waals surface area contributed by atoms with Gasteiger partial charge in [0.15, 0.2) is 9.84 Å². The number of halogens is 1. The average Bonchev–Trinajstić information content (AvgIpc) is 2.72. The minimum Gasteiger partial charge on any atom is -0.299 e. The first kappa shape index (κ1) is 13.7. The van der Waals surface area contributed by atoms with Crippen LogP contribution >= 0.6 is 15.9 Å². The molecule has 18 heavy (non-hydrogen) atoms. The van der Waals surface area contributed by atoms with E-state index in [1.165, 1.54) is 0 Å². The SMILES string of the molecule is O=C1CCCC1CCS(=O)(=O)c1cccc(Br)c1. The molecule has 0 spiro atoms. The number of hydrogen-bond acceptors (Lipinski definition) is 3. The second kappa shape index (κ2) is 5.53. The molecule has 3 nitrogen and oxygen atoms in total. The van der Waals surface area contributed by atoms with Crippen LogP contribution in [0.5, 0.6) is 0 Å². The van der Waals surface area contributed by atoms with Crippen molar-refractivity contribution in [3.8, 4) is 0 Å². The molecule has 1 atom stereocenters. The van der Waals surface area contributed by atoms with E-state index in [4.69, 9.17) is 0 Å². The van der Waals surface area contributed by atoms with Crippen LogP contribution in [-0.4, -0.2) is 20.0 Å². The standard InChI is InChI=1S/C13H15BrO3S/c14-11-4-2-5-12(9-11)18(16,17)8-7-10-3-1-6-13(10)15/h2,4-5,9-10H,1,3,6-8H2. The van der Waals surface area contributed by atoms with Gasteiger partial charge in [0.1, 0.15) is 5.78 Å². The van der Waals surface area contributed by atoms with Crippen molar-refractivity contribution < 1.29 is 13.2 Å². The van der Waals surface area contributed by atoms with Gasteiger partial charge in [-0.15, -0.1) is 0 Å². The van der Waals surface area contributed by atoms with Crippen molar-refractivity contribution in [1.29, 1.82) is 0 Å². The van der Waals surface area contributed by atoms with E-state index in [9.17, 15) is 13.2 Å². The fourth-order valence-corrected chi connectivity index (χ4v) is 4.24. The zero-order valence-electron chi connectivity index (χ0n) is 9.93. The van der Waals surface area contributed by atoms with Gasteiger partial charge in [-0.2, -0.15) is 0 Å². The Bertz CT molecular complexity index is 551. The number of carbonyl (C=O) groups is 1. The van der Waals surface area contributed by atoms with Gasteiger partial charge in [-0.3, -0.25) is 4.79 Å². The average molecular weight is 331 g/mol. The van der Waals surface area contributed by atoms with Crippen molar-refractivity contribution >= 4 is 31.6 Å². The zero-order valence-corrected chi connectivity index (χ0v) is 12.3. The molecule has 2 rings (SSSR count). The second-order valence-corrected chi connectivity index (χ2v) is 7.65. The lowest BCUT2D eigenvalue weighted by atomic mass is 10.1. The van der Waals surface area contributed by atoms with Crippen molar-refractivity contribution in [2.24, 2.45) is 5.92 Å². The molecule has 0 amide bonds. The normalized spacial score (nSPS) is 20.3. The minimum atomic E-state index is -3.28. The summed E-state index contributed by atoms with van der Waals surface area (Å²) in [4.78, 5) is 11.8. The van der Waals surface area contributed by atoms with Gasteiger partial charge in [0.05, 0.1) is 10.6 Å². The van der Waals surface area contributed by atoms with E-state index in [2.05, 4.69) is 15.9 Å². The van der Waals surface area contributed by atoms with Gasteiger partial charge in [-0.1, -0.05) is 22.0 Å². The van der Waals surface area contributed by atoms with Crippen LogP contribution in [0.1, 0.15) is 25.7 Å². The summed E-state index contributed by atoms with van der Waals surface area (Å²) in [6.07, 6.45) is 2.81. The number of hydrogen-bond donors (Lipinski definition) is 0. The summed E-state index contributed by atoms with van der Waals surface area (Å²) in [6.45, 7) is 0. The highest BCUT2D eigenvalue weighted by molar-refractivity contribution is 9.10. The third-order valence-electron chi connectivity index (χ3n) is 3.32. The summed E-state index contributed by atoms with van der Waals surface area (Å²) in [5, 5.41) is 0. The lowest BCUT2D eigenvalue weighted by Gasteiger charge is -2.08. The zero-order chi connectivity index (χ0) is 13.2. The van der Waals surface area contributed by atoms with E-state index in [-0.39, 0.29) is 17.5 Å². The van der Waals surface area contributed by atoms with Crippen LogP contribution in [0, 0.1) is 5.92 Å². The van der Waals surface area contributed by atoms with Gasteiger partial charge in [0, 0.05) is 16.8 Å². The monoisotopic (exact) mass is 330 g/mol.